The Morgan fingerprint density at radius 2 is 2.24 bits per heavy atom. The minimum absolute atomic E-state index is 0.208. The maximum absolute atomic E-state index is 12.0. The van der Waals surface area contributed by atoms with Crippen LogP contribution >= 0.6 is 12.2 Å². The number of nitrogens with two attached hydrogens (primary N) is 1. The first-order chi connectivity index (χ1) is 8.03. The third-order valence-corrected chi connectivity index (χ3v) is 3.61. The first-order valence-corrected chi connectivity index (χ1v) is 6.05. The van der Waals surface area contributed by atoms with Crippen LogP contribution in [0.4, 0.5) is 0 Å². The van der Waals surface area contributed by atoms with E-state index in [-0.39, 0.29) is 5.91 Å². The van der Waals surface area contributed by atoms with E-state index in [2.05, 4.69) is 10.3 Å². The van der Waals surface area contributed by atoms with Crippen LogP contribution in [0.1, 0.15) is 36.2 Å². The van der Waals surface area contributed by atoms with E-state index in [1.54, 1.807) is 17.1 Å². The van der Waals surface area contributed by atoms with Gasteiger partial charge in [-0.25, -0.2) is 4.98 Å². The molecule has 1 saturated carbocycles. The lowest BCUT2D eigenvalue weighted by Crippen LogP contribution is -2.54. The average Bonchev–Trinajstić information content (AvgIpc) is 2.87. The number of amides is 1. The molecule has 0 unspecified atom stereocenters. The first-order valence-electron chi connectivity index (χ1n) is 5.64. The summed E-state index contributed by atoms with van der Waals surface area (Å²) in [6, 6.07) is 0. The normalized spacial score (nSPS) is 17.9. The molecule has 0 saturated heterocycles. The van der Waals surface area contributed by atoms with Crippen molar-refractivity contribution in [2.45, 2.75) is 31.2 Å². The number of hydrogen-bond acceptors (Lipinski definition) is 3. The van der Waals surface area contributed by atoms with Gasteiger partial charge < -0.3 is 15.6 Å². The van der Waals surface area contributed by atoms with Crippen molar-refractivity contribution in [3.05, 3.63) is 18.2 Å². The number of nitrogens with zero attached hydrogens (tertiary/aromatic N) is 2. The fourth-order valence-corrected chi connectivity index (χ4v) is 2.48. The zero-order valence-corrected chi connectivity index (χ0v) is 10.6. The zero-order chi connectivity index (χ0) is 12.5. The molecule has 5 nitrogen and oxygen atoms in total. The first kappa shape index (κ1) is 12.0. The molecule has 3 N–H and O–H groups in total. The summed E-state index contributed by atoms with van der Waals surface area (Å²) in [7, 11) is 1.82. The molecule has 1 aromatic rings. The Morgan fingerprint density at radius 1 is 1.59 bits per heavy atom. The number of aromatic nitrogens is 2. The lowest BCUT2D eigenvalue weighted by Gasteiger charge is -2.28. The maximum Gasteiger partial charge on any atom is 0.272 e. The Hall–Kier alpha value is -1.43. The molecule has 1 fully saturated rings. The minimum Gasteiger partial charge on any atom is -0.391 e. The Morgan fingerprint density at radius 3 is 2.71 bits per heavy atom. The van der Waals surface area contributed by atoms with Gasteiger partial charge in [-0.1, -0.05) is 25.1 Å². The molecule has 1 aliphatic rings. The standard InChI is InChI=1S/C11H16N4OS/c1-15-6-8(13-7-15)9(16)14-11(10(12)17)4-2-3-5-11/h6-7H,2-5H2,1H3,(H2,12,17)(H,14,16). The molecule has 0 aliphatic heterocycles. The number of carbonyl (C=O) groups is 1. The van der Waals surface area contributed by atoms with Crippen LogP contribution in [-0.4, -0.2) is 26.0 Å². The van der Waals surface area contributed by atoms with E-state index in [9.17, 15) is 4.79 Å². The number of nitrogens with one attached hydrogen (secondary N) is 1. The van der Waals surface area contributed by atoms with E-state index in [0.717, 1.165) is 25.7 Å². The molecule has 0 atom stereocenters. The van der Waals surface area contributed by atoms with Gasteiger partial charge in [-0.05, 0) is 12.8 Å². The highest BCUT2D eigenvalue weighted by Crippen LogP contribution is 2.30. The second-order valence-electron chi connectivity index (χ2n) is 4.53. The van der Waals surface area contributed by atoms with E-state index in [4.69, 9.17) is 18.0 Å². The molecular weight excluding hydrogens is 236 g/mol. The minimum atomic E-state index is -0.510. The maximum atomic E-state index is 12.0. The van der Waals surface area contributed by atoms with E-state index >= 15 is 0 Å². The zero-order valence-electron chi connectivity index (χ0n) is 9.77. The molecule has 0 spiro atoms. The number of thiocarbonyl (C=S) groups is 1. The van der Waals surface area contributed by atoms with Crippen LogP contribution in [0.25, 0.3) is 0 Å². The quantitative estimate of drug-likeness (QED) is 0.779. The summed E-state index contributed by atoms with van der Waals surface area (Å²) < 4.78 is 1.73. The fourth-order valence-electron chi connectivity index (χ4n) is 2.22. The molecule has 6 heteroatoms. The van der Waals surface area contributed by atoms with Gasteiger partial charge in [0, 0.05) is 13.2 Å². The average molecular weight is 252 g/mol. The van der Waals surface area contributed by atoms with E-state index in [1.807, 2.05) is 7.05 Å². The molecule has 1 aromatic heterocycles. The topological polar surface area (TPSA) is 72.9 Å². The molecule has 0 aromatic carbocycles. The Balaban J connectivity index is 2.14. The summed E-state index contributed by atoms with van der Waals surface area (Å²) in [6.45, 7) is 0. The van der Waals surface area contributed by atoms with Gasteiger partial charge in [-0.15, -0.1) is 0 Å². The number of hydrogen-bond donors (Lipinski definition) is 2. The fraction of sp³-hybridized carbons (Fsp3) is 0.545. The lowest BCUT2D eigenvalue weighted by atomic mass is 9.97. The molecular formula is C11H16N4OS. The predicted molar refractivity (Wildman–Crippen MR) is 68.7 cm³/mol. The Bertz CT molecular complexity index is 448. The van der Waals surface area contributed by atoms with Crippen LogP contribution in [-0.2, 0) is 7.05 Å². The highest BCUT2D eigenvalue weighted by molar-refractivity contribution is 7.80. The van der Waals surface area contributed by atoms with Crippen molar-refractivity contribution in [3.8, 4) is 0 Å². The number of rotatable bonds is 3. The molecule has 2 rings (SSSR count). The summed E-state index contributed by atoms with van der Waals surface area (Å²) >= 11 is 5.08. The van der Waals surface area contributed by atoms with Gasteiger partial charge in [0.15, 0.2) is 0 Å². The van der Waals surface area contributed by atoms with Gasteiger partial charge in [0.1, 0.15) is 5.69 Å². The van der Waals surface area contributed by atoms with Gasteiger partial charge in [0.25, 0.3) is 5.91 Å². The Labute approximate surface area is 105 Å². The van der Waals surface area contributed by atoms with Crippen molar-refractivity contribution >= 4 is 23.1 Å². The summed E-state index contributed by atoms with van der Waals surface area (Å²) in [5.41, 5.74) is 5.64. The SMILES string of the molecule is Cn1cnc(C(=O)NC2(C(N)=S)CCCC2)c1. The third kappa shape index (κ3) is 2.31. The smallest absolute Gasteiger partial charge is 0.272 e. The molecule has 0 radical (unpaired) electrons. The van der Waals surface area contributed by atoms with Gasteiger partial charge in [0.2, 0.25) is 0 Å². The van der Waals surface area contributed by atoms with Gasteiger partial charge in [-0.2, -0.15) is 0 Å². The number of imidazole rings is 1. The van der Waals surface area contributed by atoms with Crippen LogP contribution in [0.15, 0.2) is 12.5 Å². The highest BCUT2D eigenvalue weighted by Gasteiger charge is 2.38. The van der Waals surface area contributed by atoms with Gasteiger partial charge in [0.05, 0.1) is 16.9 Å². The predicted octanol–water partition coefficient (Wildman–Crippen LogP) is 0.749. The van der Waals surface area contributed by atoms with Crippen molar-refractivity contribution in [3.63, 3.8) is 0 Å². The van der Waals surface area contributed by atoms with E-state index in [0.29, 0.717) is 10.7 Å². The van der Waals surface area contributed by atoms with Crippen molar-refractivity contribution in [2.75, 3.05) is 0 Å². The largest absolute Gasteiger partial charge is 0.391 e. The summed E-state index contributed by atoms with van der Waals surface area (Å²) in [6.07, 6.45) is 7.00. The molecule has 92 valence electrons. The van der Waals surface area contributed by atoms with Crippen LogP contribution in [0.2, 0.25) is 0 Å². The molecule has 1 aliphatic carbocycles. The van der Waals surface area contributed by atoms with Crippen molar-refractivity contribution in [2.24, 2.45) is 12.8 Å². The van der Waals surface area contributed by atoms with Crippen molar-refractivity contribution in [1.82, 2.24) is 14.9 Å². The van der Waals surface area contributed by atoms with Crippen molar-refractivity contribution in [1.29, 1.82) is 0 Å². The number of aryl methyl sites for hydroxylation is 1. The Kier molecular flexibility index (Phi) is 3.15. The lowest BCUT2D eigenvalue weighted by molar-refractivity contribution is 0.0920. The monoisotopic (exact) mass is 252 g/mol. The summed E-state index contributed by atoms with van der Waals surface area (Å²) in [5, 5.41) is 2.94. The highest BCUT2D eigenvalue weighted by atomic mass is 32.1. The van der Waals surface area contributed by atoms with Crippen LogP contribution in [0.3, 0.4) is 0 Å². The van der Waals surface area contributed by atoms with Crippen molar-refractivity contribution < 1.29 is 4.79 Å². The van der Waals surface area contributed by atoms with Gasteiger partial charge >= 0.3 is 0 Å². The molecule has 1 amide bonds. The van der Waals surface area contributed by atoms with Crippen LogP contribution in [0.5, 0.6) is 0 Å². The summed E-state index contributed by atoms with van der Waals surface area (Å²) in [4.78, 5) is 16.4. The number of carbonyl (C=O) groups excluding carboxylic acids is 1. The molecule has 17 heavy (non-hydrogen) atoms. The second-order valence-corrected chi connectivity index (χ2v) is 4.97. The third-order valence-electron chi connectivity index (χ3n) is 3.22. The molecule has 1 heterocycles. The van der Waals surface area contributed by atoms with Gasteiger partial charge in [-0.3, -0.25) is 4.79 Å². The summed E-state index contributed by atoms with van der Waals surface area (Å²) in [5.74, 6) is -0.208. The molecule has 0 bridgehead atoms. The van der Waals surface area contributed by atoms with E-state index in [1.165, 1.54) is 0 Å². The van der Waals surface area contributed by atoms with Crippen LogP contribution < -0.4 is 11.1 Å². The van der Waals surface area contributed by atoms with Crippen LogP contribution in [0, 0.1) is 0 Å². The second kappa shape index (κ2) is 4.44. The van der Waals surface area contributed by atoms with E-state index < -0.39 is 5.54 Å².